The molecule has 0 bridgehead atoms. The molecule has 1 aromatic carbocycles. The summed E-state index contributed by atoms with van der Waals surface area (Å²) < 4.78 is 16.2. The van der Waals surface area contributed by atoms with Gasteiger partial charge in [-0.15, -0.1) is 0 Å². The molecule has 32 heavy (non-hydrogen) atoms. The first-order valence-electron chi connectivity index (χ1n) is 10.6. The lowest BCUT2D eigenvalue weighted by molar-refractivity contribution is -0.136. The highest BCUT2D eigenvalue weighted by Gasteiger charge is 2.42. The van der Waals surface area contributed by atoms with E-state index in [4.69, 9.17) is 19.2 Å². The monoisotopic (exact) mass is 457 g/mol. The summed E-state index contributed by atoms with van der Waals surface area (Å²) in [5.41, 5.74) is 2.77. The number of esters is 1. The molecule has 8 nitrogen and oxygen atoms in total. The summed E-state index contributed by atoms with van der Waals surface area (Å²) in [6, 6.07) is 7.11. The number of benzene rings is 1. The van der Waals surface area contributed by atoms with Crippen molar-refractivity contribution in [3.05, 3.63) is 52.2 Å². The van der Waals surface area contributed by atoms with Gasteiger partial charge >= 0.3 is 5.97 Å². The van der Waals surface area contributed by atoms with Crippen molar-refractivity contribution in [3.8, 4) is 5.75 Å². The third kappa shape index (κ3) is 4.14. The van der Waals surface area contributed by atoms with E-state index >= 15 is 0 Å². The zero-order valence-electron chi connectivity index (χ0n) is 18.5. The number of ether oxygens (including phenoxy) is 3. The number of carbonyl (C=O) groups is 2. The van der Waals surface area contributed by atoms with Crippen molar-refractivity contribution >= 4 is 28.8 Å². The zero-order valence-corrected chi connectivity index (χ0v) is 19.3. The molecular formula is C23H27N3O5S. The molecule has 3 aliphatic rings. The second-order valence-corrected chi connectivity index (χ2v) is 8.35. The van der Waals surface area contributed by atoms with Crippen LogP contribution in [0.4, 0.5) is 0 Å². The summed E-state index contributed by atoms with van der Waals surface area (Å²) in [7, 11) is 2.98. The minimum Gasteiger partial charge on any atom is -0.496 e. The number of allylic oxidation sites excluding steroid dienone is 1. The predicted molar refractivity (Wildman–Crippen MR) is 122 cm³/mol. The molecule has 1 fully saturated rings. The number of morpholine rings is 1. The Hall–Kier alpha value is -2.78. The molecule has 0 N–H and O–H groups in total. The maximum atomic E-state index is 13.0. The van der Waals surface area contributed by atoms with Crippen molar-refractivity contribution in [2.45, 2.75) is 25.8 Å². The lowest BCUT2D eigenvalue weighted by atomic mass is 9.92. The van der Waals surface area contributed by atoms with Crippen LogP contribution in [0.5, 0.6) is 5.75 Å². The van der Waals surface area contributed by atoms with Crippen LogP contribution in [0.25, 0.3) is 0 Å². The summed E-state index contributed by atoms with van der Waals surface area (Å²) >= 11 is 1.47. The molecule has 0 aliphatic carbocycles. The van der Waals surface area contributed by atoms with Gasteiger partial charge in [-0.3, -0.25) is 4.79 Å². The van der Waals surface area contributed by atoms with E-state index < -0.39 is 12.0 Å². The number of methoxy groups -OCH3 is 2. The Morgan fingerprint density at radius 1 is 1.22 bits per heavy atom. The molecule has 170 valence electrons. The van der Waals surface area contributed by atoms with Gasteiger partial charge < -0.3 is 24.0 Å². The Morgan fingerprint density at radius 3 is 2.66 bits per heavy atom. The lowest BCUT2D eigenvalue weighted by Crippen LogP contribution is -2.42. The summed E-state index contributed by atoms with van der Waals surface area (Å²) in [5.74, 6) is 0.257. The number of nitrogens with zero attached hydrogens (tertiary/aromatic N) is 3. The van der Waals surface area contributed by atoms with Gasteiger partial charge in [0.2, 0.25) is 5.91 Å². The van der Waals surface area contributed by atoms with Crippen molar-refractivity contribution in [2.24, 2.45) is 4.99 Å². The first-order valence-corrected chi connectivity index (χ1v) is 11.5. The Balaban J connectivity index is 1.75. The van der Waals surface area contributed by atoms with Gasteiger partial charge in [0, 0.05) is 24.4 Å². The highest BCUT2D eigenvalue weighted by molar-refractivity contribution is 8.16. The largest absolute Gasteiger partial charge is 0.496 e. The number of para-hydroxylation sites is 1. The second-order valence-electron chi connectivity index (χ2n) is 7.51. The second kappa shape index (κ2) is 9.79. The van der Waals surface area contributed by atoms with Gasteiger partial charge in [-0.1, -0.05) is 36.9 Å². The lowest BCUT2D eigenvalue weighted by Gasteiger charge is -2.37. The SMILES string of the molecule is CCC1=C(C(=O)OC)[C@@H](c2ccccc2OC)N2C(CC(=O)N3CCOCC3)=CSC2=N1. The quantitative estimate of drug-likeness (QED) is 0.607. The molecule has 0 radical (unpaired) electrons. The van der Waals surface area contributed by atoms with Crippen molar-refractivity contribution in [2.75, 3.05) is 40.5 Å². The maximum Gasteiger partial charge on any atom is 0.338 e. The van der Waals surface area contributed by atoms with E-state index in [1.165, 1.54) is 18.9 Å². The highest BCUT2D eigenvalue weighted by Crippen LogP contribution is 2.47. The van der Waals surface area contributed by atoms with E-state index in [1.54, 1.807) is 7.11 Å². The summed E-state index contributed by atoms with van der Waals surface area (Å²) in [4.78, 5) is 34.5. The molecule has 0 aromatic heterocycles. The smallest absolute Gasteiger partial charge is 0.338 e. The average Bonchev–Trinajstić information content (AvgIpc) is 3.24. The molecule has 0 spiro atoms. The van der Waals surface area contributed by atoms with Gasteiger partial charge in [-0.05, 0) is 17.9 Å². The molecule has 1 saturated heterocycles. The van der Waals surface area contributed by atoms with Gasteiger partial charge in [0.05, 0.1) is 51.2 Å². The molecule has 3 heterocycles. The van der Waals surface area contributed by atoms with E-state index in [-0.39, 0.29) is 12.3 Å². The van der Waals surface area contributed by atoms with Crippen LogP contribution < -0.4 is 4.74 Å². The van der Waals surface area contributed by atoms with Gasteiger partial charge in [0.25, 0.3) is 0 Å². The number of amidine groups is 1. The Morgan fingerprint density at radius 2 is 1.97 bits per heavy atom. The number of fused-ring (bicyclic) bond motifs is 1. The van der Waals surface area contributed by atoms with Crippen molar-refractivity contribution < 1.29 is 23.8 Å². The number of thioether (sulfide) groups is 1. The van der Waals surface area contributed by atoms with Crippen LogP contribution in [-0.2, 0) is 19.1 Å². The normalized spacial score (nSPS) is 20.5. The molecule has 1 amide bonds. The fraction of sp³-hybridized carbons (Fsp3) is 0.435. The minimum atomic E-state index is -0.500. The fourth-order valence-corrected chi connectivity index (χ4v) is 5.12. The van der Waals surface area contributed by atoms with Crippen LogP contribution in [0.3, 0.4) is 0 Å². The Labute approximate surface area is 191 Å². The van der Waals surface area contributed by atoms with Crippen LogP contribution in [0, 0.1) is 0 Å². The Bertz CT molecular complexity index is 997. The Kier molecular flexibility index (Phi) is 6.86. The van der Waals surface area contributed by atoms with Crippen molar-refractivity contribution in [1.29, 1.82) is 0 Å². The first-order chi connectivity index (χ1) is 15.6. The van der Waals surface area contributed by atoms with Crippen LogP contribution in [0.1, 0.15) is 31.4 Å². The van der Waals surface area contributed by atoms with Crippen LogP contribution >= 0.6 is 11.8 Å². The highest BCUT2D eigenvalue weighted by atomic mass is 32.2. The van der Waals surface area contributed by atoms with E-state index in [0.717, 1.165) is 16.4 Å². The topological polar surface area (TPSA) is 80.7 Å². The molecule has 4 rings (SSSR count). The van der Waals surface area contributed by atoms with Gasteiger partial charge in [-0.25, -0.2) is 9.79 Å². The summed E-state index contributed by atoms with van der Waals surface area (Å²) in [6.07, 6.45) is 0.795. The molecular weight excluding hydrogens is 430 g/mol. The molecule has 9 heteroatoms. The van der Waals surface area contributed by atoms with E-state index in [9.17, 15) is 9.59 Å². The van der Waals surface area contributed by atoms with E-state index in [1.807, 2.05) is 46.4 Å². The minimum absolute atomic E-state index is 0.0325. The van der Waals surface area contributed by atoms with Gasteiger partial charge in [0.1, 0.15) is 5.75 Å². The van der Waals surface area contributed by atoms with Crippen LogP contribution in [0.2, 0.25) is 0 Å². The number of amides is 1. The number of hydrogen-bond donors (Lipinski definition) is 0. The number of hydrogen-bond acceptors (Lipinski definition) is 8. The summed E-state index contributed by atoms with van der Waals surface area (Å²) in [6.45, 7) is 4.24. The predicted octanol–water partition coefficient (Wildman–Crippen LogP) is 3.08. The molecule has 0 unspecified atom stereocenters. The summed E-state index contributed by atoms with van der Waals surface area (Å²) in [5, 5.41) is 2.70. The van der Waals surface area contributed by atoms with Crippen molar-refractivity contribution in [1.82, 2.24) is 9.80 Å². The van der Waals surface area contributed by atoms with Crippen LogP contribution in [0.15, 0.2) is 51.6 Å². The van der Waals surface area contributed by atoms with Crippen molar-refractivity contribution in [3.63, 3.8) is 0 Å². The van der Waals surface area contributed by atoms with E-state index in [0.29, 0.717) is 49.7 Å². The van der Waals surface area contributed by atoms with Gasteiger partial charge in [0.15, 0.2) is 5.17 Å². The third-order valence-electron chi connectivity index (χ3n) is 5.76. The number of rotatable bonds is 6. The van der Waals surface area contributed by atoms with Gasteiger partial charge in [-0.2, -0.15) is 0 Å². The average molecular weight is 458 g/mol. The standard InChI is InChI=1S/C23H27N3O5S/c1-4-17-20(22(28)30-3)21(16-7-5-6-8-18(16)29-2)26-15(14-32-23(26)24-17)13-19(27)25-9-11-31-12-10-25/h5-8,14,21H,4,9-13H2,1-3H3/t21-/m1/s1. The molecule has 3 aliphatic heterocycles. The number of aliphatic imine (C=N–C) groups is 1. The maximum absolute atomic E-state index is 13.0. The molecule has 1 atom stereocenters. The fourth-order valence-electron chi connectivity index (χ4n) is 4.18. The first kappa shape index (κ1) is 22.4. The zero-order chi connectivity index (χ0) is 22.7. The van der Waals surface area contributed by atoms with E-state index in [2.05, 4.69) is 0 Å². The van der Waals surface area contributed by atoms with Crippen LogP contribution in [-0.4, -0.2) is 67.4 Å². The number of carbonyl (C=O) groups excluding carboxylic acids is 2. The molecule has 1 aromatic rings. The molecule has 0 saturated carbocycles. The third-order valence-corrected chi connectivity index (χ3v) is 6.65.